The van der Waals surface area contributed by atoms with Crippen molar-refractivity contribution in [1.82, 2.24) is 20.2 Å². The summed E-state index contributed by atoms with van der Waals surface area (Å²) in [6.07, 6.45) is 0.774. The fourth-order valence-corrected chi connectivity index (χ4v) is 3.36. The van der Waals surface area contributed by atoms with Gasteiger partial charge < -0.3 is 10.0 Å². The Balaban J connectivity index is 1.61. The maximum absolute atomic E-state index is 13.0. The Morgan fingerprint density at radius 3 is 2.69 bits per heavy atom. The lowest BCUT2D eigenvalue weighted by atomic mass is 9.93. The number of hydrogen-bond donors (Lipinski definition) is 1. The Hall–Kier alpha value is -3.06. The molecule has 0 spiro atoms. The number of nitrogens with zero attached hydrogens (tertiary/aromatic N) is 5. The number of rotatable bonds is 4. The van der Waals surface area contributed by atoms with Gasteiger partial charge in [0.25, 0.3) is 0 Å². The summed E-state index contributed by atoms with van der Waals surface area (Å²) >= 11 is 0. The maximum Gasteiger partial charge on any atom is 0.248 e. The van der Waals surface area contributed by atoms with Crippen LogP contribution >= 0.6 is 0 Å². The third-order valence-electron chi connectivity index (χ3n) is 4.64. The van der Waals surface area contributed by atoms with Crippen molar-refractivity contribution < 1.29 is 9.90 Å². The fraction of sp³-hybridized carbons (Fsp3) is 0.263. The van der Waals surface area contributed by atoms with E-state index in [9.17, 15) is 9.90 Å². The maximum atomic E-state index is 13.0. The quantitative estimate of drug-likeness (QED) is 0.772. The molecule has 7 heteroatoms. The number of benzene rings is 2. The first-order chi connectivity index (χ1) is 12.8. The number of aromatic nitrogens is 4. The molecule has 1 amide bonds. The summed E-state index contributed by atoms with van der Waals surface area (Å²) in [7, 11) is 0. The lowest BCUT2D eigenvalue weighted by Crippen LogP contribution is -2.42. The summed E-state index contributed by atoms with van der Waals surface area (Å²) in [4.78, 5) is 14.7. The molecular weight excluding hydrogens is 330 g/mol. The van der Waals surface area contributed by atoms with Gasteiger partial charge in [0.15, 0.2) is 5.82 Å². The van der Waals surface area contributed by atoms with Gasteiger partial charge in [0.2, 0.25) is 5.91 Å². The molecule has 26 heavy (non-hydrogen) atoms. The Labute approximate surface area is 150 Å². The number of carbonyl (C=O) groups is 1. The van der Waals surface area contributed by atoms with E-state index in [1.807, 2.05) is 54.6 Å². The molecule has 0 bridgehead atoms. The number of hydrogen-bond acceptors (Lipinski definition) is 5. The van der Waals surface area contributed by atoms with Crippen LogP contribution in [0, 0.1) is 5.92 Å². The Kier molecular flexibility index (Phi) is 4.45. The fourth-order valence-electron chi connectivity index (χ4n) is 3.36. The van der Waals surface area contributed by atoms with Gasteiger partial charge in [0.1, 0.15) is 6.54 Å². The smallest absolute Gasteiger partial charge is 0.248 e. The molecular formula is C19H19N5O2. The van der Waals surface area contributed by atoms with E-state index < -0.39 is 0 Å². The largest absolute Gasteiger partial charge is 0.396 e. The van der Waals surface area contributed by atoms with Crippen molar-refractivity contribution in [2.75, 3.05) is 18.1 Å². The lowest BCUT2D eigenvalue weighted by molar-refractivity contribution is -0.119. The van der Waals surface area contributed by atoms with E-state index in [-0.39, 0.29) is 25.0 Å². The van der Waals surface area contributed by atoms with Crippen LogP contribution in [0.15, 0.2) is 54.6 Å². The first-order valence-corrected chi connectivity index (χ1v) is 8.57. The number of para-hydroxylation sites is 1. The molecule has 0 aliphatic carbocycles. The van der Waals surface area contributed by atoms with Crippen LogP contribution in [0.4, 0.5) is 5.69 Å². The van der Waals surface area contributed by atoms with Crippen molar-refractivity contribution in [3.63, 3.8) is 0 Å². The van der Waals surface area contributed by atoms with E-state index in [0.29, 0.717) is 12.4 Å². The minimum atomic E-state index is -0.0971. The van der Waals surface area contributed by atoms with Crippen LogP contribution in [-0.4, -0.2) is 44.4 Å². The number of anilines is 1. The molecule has 4 rings (SSSR count). The molecule has 3 aromatic rings. The van der Waals surface area contributed by atoms with E-state index in [4.69, 9.17) is 0 Å². The minimum absolute atomic E-state index is 0.0383. The lowest BCUT2D eigenvalue weighted by Gasteiger charge is -2.34. The first kappa shape index (κ1) is 16.4. The SMILES string of the molecule is O=C(Cn1nnnc1-c1ccccc1)N1CC(CO)Cc2ccccc21. The van der Waals surface area contributed by atoms with Gasteiger partial charge >= 0.3 is 0 Å². The summed E-state index contributed by atoms with van der Waals surface area (Å²) in [5.74, 6) is 0.499. The van der Waals surface area contributed by atoms with Gasteiger partial charge in [-0.15, -0.1) is 5.10 Å². The van der Waals surface area contributed by atoms with Crippen LogP contribution in [-0.2, 0) is 17.8 Å². The first-order valence-electron chi connectivity index (χ1n) is 8.57. The highest BCUT2D eigenvalue weighted by molar-refractivity contribution is 5.94. The Bertz CT molecular complexity index is 909. The molecule has 0 radical (unpaired) electrons. The standard InChI is InChI=1S/C19H19N5O2/c25-13-14-10-16-8-4-5-9-17(16)23(11-14)18(26)12-24-19(20-21-22-24)15-6-2-1-3-7-15/h1-9,14,25H,10-13H2. The Morgan fingerprint density at radius 1 is 1.12 bits per heavy atom. The normalized spacial score (nSPS) is 16.3. The van der Waals surface area contributed by atoms with Gasteiger partial charge in [-0.3, -0.25) is 4.79 Å². The van der Waals surface area contributed by atoms with E-state index >= 15 is 0 Å². The number of amides is 1. The van der Waals surface area contributed by atoms with Crippen molar-refractivity contribution in [2.24, 2.45) is 5.92 Å². The van der Waals surface area contributed by atoms with Gasteiger partial charge in [0.05, 0.1) is 0 Å². The third-order valence-corrected chi connectivity index (χ3v) is 4.64. The highest BCUT2D eigenvalue weighted by atomic mass is 16.3. The van der Waals surface area contributed by atoms with Crippen molar-refractivity contribution in [3.05, 3.63) is 60.2 Å². The highest BCUT2D eigenvalue weighted by Crippen LogP contribution is 2.29. The number of aliphatic hydroxyl groups is 1. The third kappa shape index (κ3) is 3.09. The van der Waals surface area contributed by atoms with E-state index in [2.05, 4.69) is 15.5 Å². The van der Waals surface area contributed by atoms with Crippen LogP contribution < -0.4 is 4.90 Å². The summed E-state index contributed by atoms with van der Waals surface area (Å²) in [5, 5.41) is 21.3. The predicted molar refractivity (Wildman–Crippen MR) is 96.3 cm³/mol. The average molecular weight is 349 g/mol. The monoisotopic (exact) mass is 349 g/mol. The molecule has 7 nitrogen and oxygen atoms in total. The molecule has 2 heterocycles. The van der Waals surface area contributed by atoms with Gasteiger partial charge in [-0.1, -0.05) is 48.5 Å². The van der Waals surface area contributed by atoms with Crippen molar-refractivity contribution in [3.8, 4) is 11.4 Å². The number of aliphatic hydroxyl groups excluding tert-OH is 1. The Morgan fingerprint density at radius 2 is 1.88 bits per heavy atom. The van der Waals surface area contributed by atoms with Crippen molar-refractivity contribution >= 4 is 11.6 Å². The van der Waals surface area contributed by atoms with Gasteiger partial charge in [-0.2, -0.15) is 0 Å². The van der Waals surface area contributed by atoms with Gasteiger partial charge in [0, 0.05) is 30.3 Å². The second kappa shape index (κ2) is 7.05. The van der Waals surface area contributed by atoms with E-state index in [0.717, 1.165) is 23.2 Å². The number of tetrazole rings is 1. The molecule has 132 valence electrons. The summed E-state index contributed by atoms with van der Waals surface area (Å²) in [6.45, 7) is 0.594. The molecule has 1 aliphatic heterocycles. The summed E-state index contributed by atoms with van der Waals surface area (Å²) in [5.41, 5.74) is 2.83. The molecule has 1 aliphatic rings. The molecule has 1 atom stereocenters. The molecule has 1 N–H and O–H groups in total. The summed E-state index contributed by atoms with van der Waals surface area (Å²) in [6, 6.07) is 17.4. The van der Waals surface area contributed by atoms with E-state index in [1.54, 1.807) is 4.90 Å². The molecule has 2 aromatic carbocycles. The molecule has 0 saturated carbocycles. The van der Waals surface area contributed by atoms with Crippen LogP contribution in [0.1, 0.15) is 5.56 Å². The second-order valence-electron chi connectivity index (χ2n) is 6.41. The molecule has 0 fully saturated rings. The number of carbonyl (C=O) groups excluding carboxylic acids is 1. The van der Waals surface area contributed by atoms with Crippen LogP contribution in [0.3, 0.4) is 0 Å². The zero-order chi connectivity index (χ0) is 17.9. The van der Waals surface area contributed by atoms with Crippen LogP contribution in [0.25, 0.3) is 11.4 Å². The van der Waals surface area contributed by atoms with Crippen molar-refractivity contribution in [2.45, 2.75) is 13.0 Å². The van der Waals surface area contributed by atoms with Crippen LogP contribution in [0.5, 0.6) is 0 Å². The van der Waals surface area contributed by atoms with E-state index in [1.165, 1.54) is 4.68 Å². The summed E-state index contributed by atoms with van der Waals surface area (Å²) < 4.78 is 1.52. The predicted octanol–water partition coefficient (Wildman–Crippen LogP) is 1.54. The average Bonchev–Trinajstić information content (AvgIpc) is 3.15. The molecule has 0 saturated heterocycles. The highest BCUT2D eigenvalue weighted by Gasteiger charge is 2.28. The van der Waals surface area contributed by atoms with Gasteiger partial charge in [-0.25, -0.2) is 4.68 Å². The van der Waals surface area contributed by atoms with Crippen molar-refractivity contribution in [1.29, 1.82) is 0 Å². The molecule has 1 unspecified atom stereocenters. The van der Waals surface area contributed by atoms with Gasteiger partial charge in [-0.05, 0) is 28.5 Å². The zero-order valence-corrected chi connectivity index (χ0v) is 14.2. The van der Waals surface area contributed by atoms with Crippen LogP contribution in [0.2, 0.25) is 0 Å². The second-order valence-corrected chi connectivity index (χ2v) is 6.41. The topological polar surface area (TPSA) is 84.1 Å². The minimum Gasteiger partial charge on any atom is -0.396 e. The molecule has 1 aromatic heterocycles. The zero-order valence-electron chi connectivity index (χ0n) is 14.2. The number of fused-ring (bicyclic) bond motifs is 1.